The number of halogens is 1. The molecule has 0 amide bonds. The van der Waals surface area contributed by atoms with Gasteiger partial charge in [0.05, 0.1) is 12.0 Å². The molecule has 0 aromatic carbocycles. The van der Waals surface area contributed by atoms with Crippen LogP contribution in [0.15, 0.2) is 27.8 Å². The third kappa shape index (κ3) is 8.94. The molecule has 0 aliphatic heterocycles. The first-order valence-corrected chi connectivity index (χ1v) is 8.17. The Morgan fingerprint density at radius 1 is 1.29 bits per heavy atom. The van der Waals surface area contributed by atoms with Gasteiger partial charge < -0.3 is 15.1 Å². The Hall–Kier alpha value is -0.810. The standard InChI is InChI=1S/C12H22N4O3S.HI/c1-3-20(17,18)16-9-8-15-12(13-2)14-7-6-11-5-4-10-19-11;/h4-5,10,16H,3,6-9H2,1-2H3,(H2,13,14,15);1H. The van der Waals surface area contributed by atoms with E-state index in [0.29, 0.717) is 25.6 Å². The van der Waals surface area contributed by atoms with Crippen molar-refractivity contribution in [2.45, 2.75) is 13.3 Å². The summed E-state index contributed by atoms with van der Waals surface area (Å²) in [5, 5.41) is 6.15. The molecule has 0 fully saturated rings. The van der Waals surface area contributed by atoms with Gasteiger partial charge >= 0.3 is 0 Å². The van der Waals surface area contributed by atoms with E-state index in [4.69, 9.17) is 4.42 Å². The first-order valence-electron chi connectivity index (χ1n) is 6.51. The van der Waals surface area contributed by atoms with Crippen LogP contribution in [0.1, 0.15) is 12.7 Å². The van der Waals surface area contributed by atoms with E-state index in [1.54, 1.807) is 20.2 Å². The van der Waals surface area contributed by atoms with Gasteiger partial charge in [-0.15, -0.1) is 24.0 Å². The molecule has 0 saturated heterocycles. The molecular formula is C12H23IN4O3S. The van der Waals surface area contributed by atoms with Crippen LogP contribution in [-0.4, -0.2) is 46.8 Å². The summed E-state index contributed by atoms with van der Waals surface area (Å²) in [5.41, 5.74) is 0. The smallest absolute Gasteiger partial charge is 0.211 e. The van der Waals surface area contributed by atoms with Gasteiger partial charge in [0.1, 0.15) is 5.76 Å². The highest BCUT2D eigenvalue weighted by Crippen LogP contribution is 1.99. The maximum absolute atomic E-state index is 11.2. The van der Waals surface area contributed by atoms with Crippen LogP contribution in [0, 0.1) is 0 Å². The molecule has 21 heavy (non-hydrogen) atoms. The van der Waals surface area contributed by atoms with Crippen LogP contribution in [0.3, 0.4) is 0 Å². The van der Waals surface area contributed by atoms with E-state index in [2.05, 4.69) is 20.3 Å². The minimum Gasteiger partial charge on any atom is -0.469 e. The summed E-state index contributed by atoms with van der Waals surface area (Å²) in [6.07, 6.45) is 2.40. The Bertz CT molecular complexity index is 503. The average Bonchev–Trinajstić information content (AvgIpc) is 2.94. The molecule has 7 nitrogen and oxygen atoms in total. The number of hydrogen-bond donors (Lipinski definition) is 3. The van der Waals surface area contributed by atoms with Gasteiger partial charge in [0.15, 0.2) is 5.96 Å². The first kappa shape index (κ1) is 20.2. The van der Waals surface area contributed by atoms with Gasteiger partial charge in [0, 0.05) is 33.1 Å². The van der Waals surface area contributed by atoms with E-state index in [1.807, 2.05) is 12.1 Å². The summed E-state index contributed by atoms with van der Waals surface area (Å²) < 4.78 is 30.1. The zero-order valence-electron chi connectivity index (χ0n) is 12.3. The Balaban J connectivity index is 0.00000400. The minimum atomic E-state index is -3.13. The number of sulfonamides is 1. The van der Waals surface area contributed by atoms with Crippen molar-refractivity contribution >= 4 is 40.0 Å². The molecule has 9 heteroatoms. The summed E-state index contributed by atoms with van der Waals surface area (Å²) in [7, 11) is -1.47. The van der Waals surface area contributed by atoms with Gasteiger partial charge in [0.2, 0.25) is 10.0 Å². The SMILES string of the molecule is CCS(=O)(=O)NCCNC(=NC)NCCc1ccco1.I. The molecule has 0 spiro atoms. The van der Waals surface area contributed by atoms with Crippen molar-refractivity contribution < 1.29 is 12.8 Å². The number of furan rings is 1. The Kier molecular flexibility index (Phi) is 10.4. The van der Waals surface area contributed by atoms with Crippen LogP contribution in [-0.2, 0) is 16.4 Å². The molecule has 0 saturated carbocycles. The monoisotopic (exact) mass is 430 g/mol. The fourth-order valence-corrected chi connectivity index (χ4v) is 2.09. The van der Waals surface area contributed by atoms with E-state index >= 15 is 0 Å². The van der Waals surface area contributed by atoms with Crippen LogP contribution in [0.4, 0.5) is 0 Å². The predicted octanol–water partition coefficient (Wildman–Crippen LogP) is 0.544. The maximum atomic E-state index is 11.2. The summed E-state index contributed by atoms with van der Waals surface area (Å²) in [6, 6.07) is 3.76. The van der Waals surface area contributed by atoms with Crippen molar-refractivity contribution in [3.05, 3.63) is 24.2 Å². The van der Waals surface area contributed by atoms with Crippen LogP contribution >= 0.6 is 24.0 Å². The van der Waals surface area contributed by atoms with Crippen LogP contribution < -0.4 is 15.4 Å². The average molecular weight is 430 g/mol. The normalized spacial score (nSPS) is 11.8. The summed E-state index contributed by atoms with van der Waals surface area (Å²) >= 11 is 0. The summed E-state index contributed by atoms with van der Waals surface area (Å²) in [5.74, 6) is 1.62. The van der Waals surface area contributed by atoms with Gasteiger partial charge in [-0.2, -0.15) is 0 Å². The summed E-state index contributed by atoms with van der Waals surface area (Å²) in [4.78, 5) is 4.05. The highest BCUT2D eigenvalue weighted by atomic mass is 127. The number of rotatable bonds is 8. The van der Waals surface area contributed by atoms with Crippen molar-refractivity contribution in [1.29, 1.82) is 0 Å². The van der Waals surface area contributed by atoms with E-state index in [0.717, 1.165) is 12.2 Å². The van der Waals surface area contributed by atoms with Gasteiger partial charge in [-0.3, -0.25) is 4.99 Å². The van der Waals surface area contributed by atoms with E-state index in [9.17, 15) is 8.42 Å². The highest BCUT2D eigenvalue weighted by Gasteiger charge is 2.05. The summed E-state index contributed by atoms with van der Waals surface area (Å²) in [6.45, 7) is 3.09. The topological polar surface area (TPSA) is 95.7 Å². The second-order valence-corrected chi connectivity index (χ2v) is 6.15. The first-order chi connectivity index (χ1) is 9.57. The number of guanidine groups is 1. The third-order valence-corrected chi connectivity index (χ3v) is 3.99. The molecule has 3 N–H and O–H groups in total. The van der Waals surface area contributed by atoms with Crippen molar-refractivity contribution in [2.75, 3.05) is 32.4 Å². The lowest BCUT2D eigenvalue weighted by molar-refractivity contribution is 0.506. The molecule has 0 atom stereocenters. The number of aliphatic imine (C=N–C) groups is 1. The second kappa shape index (κ2) is 10.9. The Labute approximate surface area is 143 Å². The van der Waals surface area contributed by atoms with E-state index < -0.39 is 10.0 Å². The molecule has 1 heterocycles. The molecule has 1 rings (SSSR count). The minimum absolute atomic E-state index is 0. The third-order valence-electron chi connectivity index (χ3n) is 2.59. The van der Waals surface area contributed by atoms with Crippen molar-refractivity contribution in [2.24, 2.45) is 4.99 Å². The number of nitrogens with one attached hydrogen (secondary N) is 3. The number of nitrogens with zero attached hydrogens (tertiary/aromatic N) is 1. The highest BCUT2D eigenvalue weighted by molar-refractivity contribution is 14.0. The largest absolute Gasteiger partial charge is 0.469 e. The molecule has 0 aliphatic rings. The molecular weight excluding hydrogens is 407 g/mol. The molecule has 0 unspecified atom stereocenters. The zero-order chi connectivity index (χ0) is 14.8. The van der Waals surface area contributed by atoms with Gasteiger partial charge in [-0.25, -0.2) is 13.1 Å². The van der Waals surface area contributed by atoms with E-state index in [1.165, 1.54) is 0 Å². The molecule has 1 aromatic heterocycles. The second-order valence-electron chi connectivity index (χ2n) is 4.05. The Morgan fingerprint density at radius 3 is 2.57 bits per heavy atom. The van der Waals surface area contributed by atoms with E-state index in [-0.39, 0.29) is 29.7 Å². The van der Waals surface area contributed by atoms with Crippen molar-refractivity contribution in [1.82, 2.24) is 15.4 Å². The molecule has 122 valence electrons. The van der Waals surface area contributed by atoms with Crippen LogP contribution in [0.2, 0.25) is 0 Å². The fraction of sp³-hybridized carbons (Fsp3) is 0.583. The van der Waals surface area contributed by atoms with Crippen molar-refractivity contribution in [3.63, 3.8) is 0 Å². The van der Waals surface area contributed by atoms with Crippen molar-refractivity contribution in [3.8, 4) is 0 Å². The quantitative estimate of drug-likeness (QED) is 0.242. The molecule has 1 aromatic rings. The predicted molar refractivity (Wildman–Crippen MR) is 94.7 cm³/mol. The van der Waals surface area contributed by atoms with Gasteiger partial charge in [-0.05, 0) is 19.1 Å². The fourth-order valence-electron chi connectivity index (χ4n) is 1.47. The van der Waals surface area contributed by atoms with Gasteiger partial charge in [-0.1, -0.05) is 0 Å². The number of hydrogen-bond acceptors (Lipinski definition) is 4. The lowest BCUT2D eigenvalue weighted by Crippen LogP contribution is -2.42. The molecule has 0 bridgehead atoms. The lowest BCUT2D eigenvalue weighted by Gasteiger charge is -2.11. The molecule has 0 radical (unpaired) electrons. The molecule has 0 aliphatic carbocycles. The zero-order valence-corrected chi connectivity index (χ0v) is 15.4. The van der Waals surface area contributed by atoms with Gasteiger partial charge in [0.25, 0.3) is 0 Å². The lowest BCUT2D eigenvalue weighted by atomic mass is 10.3. The maximum Gasteiger partial charge on any atom is 0.211 e. The van der Waals surface area contributed by atoms with Crippen LogP contribution in [0.5, 0.6) is 0 Å². The van der Waals surface area contributed by atoms with Crippen LogP contribution in [0.25, 0.3) is 0 Å². The Morgan fingerprint density at radius 2 is 2.00 bits per heavy atom.